The molecule has 0 amide bonds. The number of aryl methyl sites for hydroxylation is 1. The fraction of sp³-hybridized carbons (Fsp3) is 0.167. The maximum atomic E-state index is 10.8. The highest BCUT2D eigenvalue weighted by Crippen LogP contribution is 2.37. The second-order valence-electron chi connectivity index (χ2n) is 3.75. The van der Waals surface area contributed by atoms with E-state index in [0.717, 1.165) is 15.6 Å². The number of aromatic nitrogens is 2. The van der Waals surface area contributed by atoms with Gasteiger partial charge in [-0.05, 0) is 40.5 Å². The van der Waals surface area contributed by atoms with Gasteiger partial charge in [0.1, 0.15) is 11.4 Å². The Bertz CT molecular complexity index is 607. The highest BCUT2D eigenvalue weighted by atomic mass is 79.9. The van der Waals surface area contributed by atoms with Gasteiger partial charge in [-0.3, -0.25) is 5.10 Å². The van der Waals surface area contributed by atoms with Crippen molar-refractivity contribution in [1.82, 2.24) is 10.2 Å². The van der Waals surface area contributed by atoms with Crippen LogP contribution in [0.4, 0.5) is 0 Å². The summed E-state index contributed by atoms with van der Waals surface area (Å²) in [6.45, 7) is 1.95. The second kappa shape index (κ2) is 4.81. The van der Waals surface area contributed by atoms with Gasteiger partial charge in [0.25, 0.3) is 0 Å². The molecule has 0 aliphatic carbocycles. The number of methoxy groups -OCH3 is 1. The number of carboxylic acids is 1. The summed E-state index contributed by atoms with van der Waals surface area (Å²) >= 11 is 3.44. The van der Waals surface area contributed by atoms with Crippen molar-refractivity contribution in [1.29, 1.82) is 0 Å². The number of ether oxygens (including phenoxy) is 1. The maximum absolute atomic E-state index is 10.8. The minimum atomic E-state index is -1.04. The molecule has 0 aliphatic heterocycles. The van der Waals surface area contributed by atoms with Gasteiger partial charge in [0.2, 0.25) is 0 Å². The molecule has 0 bridgehead atoms. The monoisotopic (exact) mass is 310 g/mol. The van der Waals surface area contributed by atoms with Gasteiger partial charge >= 0.3 is 5.97 Å². The summed E-state index contributed by atoms with van der Waals surface area (Å²) in [6, 6.07) is 5.24. The predicted molar refractivity (Wildman–Crippen MR) is 70.0 cm³/mol. The van der Waals surface area contributed by atoms with Crippen LogP contribution in [0, 0.1) is 6.92 Å². The van der Waals surface area contributed by atoms with Crippen LogP contribution in [0.15, 0.2) is 22.7 Å². The van der Waals surface area contributed by atoms with Crippen molar-refractivity contribution >= 4 is 21.9 Å². The molecule has 0 unspecified atom stereocenters. The third-order valence-electron chi connectivity index (χ3n) is 2.58. The van der Waals surface area contributed by atoms with E-state index in [2.05, 4.69) is 26.1 Å². The van der Waals surface area contributed by atoms with Crippen molar-refractivity contribution in [3.63, 3.8) is 0 Å². The lowest BCUT2D eigenvalue weighted by atomic mass is 10.1. The van der Waals surface area contributed by atoms with E-state index >= 15 is 0 Å². The first-order valence-electron chi connectivity index (χ1n) is 5.16. The summed E-state index contributed by atoms with van der Waals surface area (Å²) < 4.78 is 6.17. The number of aromatic amines is 1. The molecule has 0 radical (unpaired) electrons. The van der Waals surface area contributed by atoms with Crippen LogP contribution in [0.3, 0.4) is 0 Å². The molecule has 94 valence electrons. The topological polar surface area (TPSA) is 75.2 Å². The molecule has 1 aromatic heterocycles. The third-order valence-corrected chi connectivity index (χ3v) is 3.56. The van der Waals surface area contributed by atoms with Gasteiger partial charge in [-0.15, -0.1) is 0 Å². The molecule has 0 aliphatic rings. The molecule has 0 spiro atoms. The Labute approximate surface area is 112 Å². The highest BCUT2D eigenvalue weighted by Gasteiger charge is 2.15. The molecule has 0 fully saturated rings. The first-order chi connectivity index (χ1) is 8.54. The van der Waals surface area contributed by atoms with Gasteiger partial charge in [0.05, 0.1) is 17.3 Å². The molecular weight excluding hydrogens is 300 g/mol. The number of nitrogens with one attached hydrogen (secondary N) is 1. The molecule has 5 nitrogen and oxygen atoms in total. The summed E-state index contributed by atoms with van der Waals surface area (Å²) in [6.07, 6.45) is 0. The van der Waals surface area contributed by atoms with E-state index < -0.39 is 5.97 Å². The molecule has 2 aromatic rings. The van der Waals surface area contributed by atoms with Crippen molar-refractivity contribution in [3.8, 4) is 17.0 Å². The Hall–Kier alpha value is -1.82. The van der Waals surface area contributed by atoms with E-state index in [1.54, 1.807) is 7.11 Å². The minimum Gasteiger partial charge on any atom is -0.495 e. The third kappa shape index (κ3) is 2.11. The average Bonchev–Trinajstić information content (AvgIpc) is 2.82. The van der Waals surface area contributed by atoms with Crippen molar-refractivity contribution < 1.29 is 14.6 Å². The lowest BCUT2D eigenvalue weighted by Crippen LogP contribution is -1.95. The van der Waals surface area contributed by atoms with Crippen LogP contribution in [-0.2, 0) is 0 Å². The molecular formula is C12H11BrN2O3. The number of hydrogen-bond acceptors (Lipinski definition) is 3. The summed E-state index contributed by atoms with van der Waals surface area (Å²) in [5, 5.41) is 15.3. The average molecular weight is 311 g/mol. The molecule has 2 N–H and O–H groups in total. The van der Waals surface area contributed by atoms with E-state index in [4.69, 9.17) is 9.84 Å². The fourth-order valence-corrected chi connectivity index (χ4v) is 2.13. The van der Waals surface area contributed by atoms with Gasteiger partial charge in [-0.2, -0.15) is 5.10 Å². The zero-order chi connectivity index (χ0) is 13.3. The van der Waals surface area contributed by atoms with Crippen LogP contribution >= 0.6 is 15.9 Å². The van der Waals surface area contributed by atoms with Gasteiger partial charge in [-0.25, -0.2) is 4.79 Å². The molecule has 2 rings (SSSR count). The van der Waals surface area contributed by atoms with E-state index in [-0.39, 0.29) is 5.69 Å². The first-order valence-corrected chi connectivity index (χ1v) is 5.96. The number of rotatable bonds is 3. The lowest BCUT2D eigenvalue weighted by molar-refractivity contribution is 0.0690. The van der Waals surface area contributed by atoms with Crippen LogP contribution in [0.2, 0.25) is 0 Å². The van der Waals surface area contributed by atoms with Crippen LogP contribution in [-0.4, -0.2) is 28.4 Å². The first kappa shape index (κ1) is 12.6. The van der Waals surface area contributed by atoms with Gasteiger partial charge in [0.15, 0.2) is 0 Å². The Kier molecular flexibility index (Phi) is 3.38. The second-order valence-corrected chi connectivity index (χ2v) is 4.54. The lowest BCUT2D eigenvalue weighted by Gasteiger charge is -2.10. The Balaban J connectivity index is 2.56. The molecule has 6 heteroatoms. The number of aromatic carboxylic acids is 1. The molecule has 0 atom stereocenters. The van der Waals surface area contributed by atoms with Crippen LogP contribution in [0.5, 0.6) is 5.75 Å². The van der Waals surface area contributed by atoms with Crippen LogP contribution in [0.1, 0.15) is 16.1 Å². The van der Waals surface area contributed by atoms with Crippen LogP contribution in [0.25, 0.3) is 11.3 Å². The molecule has 1 heterocycles. The van der Waals surface area contributed by atoms with Gasteiger partial charge < -0.3 is 9.84 Å². The zero-order valence-electron chi connectivity index (χ0n) is 9.82. The van der Waals surface area contributed by atoms with E-state index in [1.165, 1.54) is 6.07 Å². The van der Waals surface area contributed by atoms with Crippen LogP contribution < -0.4 is 4.74 Å². The number of hydrogen-bond donors (Lipinski definition) is 2. The molecule has 0 saturated heterocycles. The number of carbonyl (C=O) groups is 1. The molecule has 1 aromatic carbocycles. The maximum Gasteiger partial charge on any atom is 0.353 e. The number of carboxylic acid groups (broad SMARTS) is 1. The predicted octanol–water partition coefficient (Wildman–Crippen LogP) is 2.85. The molecule has 18 heavy (non-hydrogen) atoms. The van der Waals surface area contributed by atoms with E-state index in [1.807, 2.05) is 19.1 Å². The normalized spacial score (nSPS) is 10.4. The van der Waals surface area contributed by atoms with E-state index in [9.17, 15) is 4.79 Å². The SMILES string of the molecule is COc1c(-c2cc(C(=O)O)[nH]n2)ccc(C)c1Br. The largest absolute Gasteiger partial charge is 0.495 e. The summed E-state index contributed by atoms with van der Waals surface area (Å²) in [5.41, 5.74) is 2.34. The Morgan fingerprint density at radius 2 is 2.22 bits per heavy atom. The zero-order valence-corrected chi connectivity index (χ0v) is 11.4. The Morgan fingerprint density at radius 1 is 1.50 bits per heavy atom. The smallest absolute Gasteiger partial charge is 0.353 e. The summed E-state index contributed by atoms with van der Waals surface area (Å²) in [4.78, 5) is 10.8. The van der Waals surface area contributed by atoms with E-state index in [0.29, 0.717) is 11.4 Å². The standard InChI is InChI=1S/C12H11BrN2O3/c1-6-3-4-7(11(18-2)10(6)13)8-5-9(12(16)17)15-14-8/h3-5H,1-2H3,(H,14,15)(H,16,17). The van der Waals surface area contributed by atoms with Gasteiger partial charge in [0, 0.05) is 5.56 Å². The number of halogens is 1. The fourth-order valence-electron chi connectivity index (χ4n) is 1.63. The van der Waals surface area contributed by atoms with Crippen molar-refractivity contribution in [2.24, 2.45) is 0 Å². The summed E-state index contributed by atoms with van der Waals surface area (Å²) in [7, 11) is 1.56. The quantitative estimate of drug-likeness (QED) is 0.914. The summed E-state index contributed by atoms with van der Waals surface area (Å²) in [5.74, 6) is -0.405. The molecule has 0 saturated carbocycles. The number of H-pyrrole nitrogens is 1. The van der Waals surface area contributed by atoms with Crippen molar-refractivity contribution in [2.45, 2.75) is 6.92 Å². The van der Waals surface area contributed by atoms with Gasteiger partial charge in [-0.1, -0.05) is 6.07 Å². The van der Waals surface area contributed by atoms with Crippen molar-refractivity contribution in [3.05, 3.63) is 33.9 Å². The highest BCUT2D eigenvalue weighted by molar-refractivity contribution is 9.10. The number of nitrogens with zero attached hydrogens (tertiary/aromatic N) is 1. The minimum absolute atomic E-state index is 0.0451. The van der Waals surface area contributed by atoms with Crippen molar-refractivity contribution in [2.75, 3.05) is 7.11 Å². The number of benzene rings is 1. The Morgan fingerprint density at radius 3 is 2.78 bits per heavy atom.